The average molecular weight is 142 g/mol. The Morgan fingerprint density at radius 3 is 2.50 bits per heavy atom. The molecule has 1 fully saturated rings. The molecule has 0 aromatic rings. The fourth-order valence-corrected chi connectivity index (χ4v) is 1.48. The van der Waals surface area contributed by atoms with Gasteiger partial charge in [-0.1, -0.05) is 20.8 Å². The lowest BCUT2D eigenvalue weighted by Crippen LogP contribution is -2.22. The molecule has 0 aliphatic carbocycles. The normalized spacial score (nSPS) is 30.3. The Morgan fingerprint density at radius 2 is 2.30 bits per heavy atom. The molecule has 1 unspecified atom stereocenters. The van der Waals surface area contributed by atoms with Crippen LogP contribution in [0.25, 0.3) is 0 Å². The first kappa shape index (κ1) is 7.58. The van der Waals surface area contributed by atoms with Gasteiger partial charge in [-0.25, -0.2) is 0 Å². The molecular weight excluding hydrogens is 128 g/mol. The Morgan fingerprint density at radius 1 is 1.70 bits per heavy atom. The van der Waals surface area contributed by atoms with Crippen molar-refractivity contribution in [2.45, 2.75) is 39.7 Å². The van der Waals surface area contributed by atoms with E-state index in [9.17, 15) is 4.79 Å². The Kier molecular flexibility index (Phi) is 1.71. The standard InChI is InChI=1S/C8H14O2/c1-4-6-8(2,3)5-7(9)10-6/h6H,4-5H2,1-3H3. The van der Waals surface area contributed by atoms with Gasteiger partial charge in [0.2, 0.25) is 0 Å². The maximum Gasteiger partial charge on any atom is 0.306 e. The van der Waals surface area contributed by atoms with Crippen LogP contribution in [0.5, 0.6) is 0 Å². The van der Waals surface area contributed by atoms with E-state index in [0.29, 0.717) is 6.42 Å². The van der Waals surface area contributed by atoms with Gasteiger partial charge in [0, 0.05) is 5.41 Å². The van der Waals surface area contributed by atoms with Crippen LogP contribution in [0.15, 0.2) is 0 Å². The van der Waals surface area contributed by atoms with E-state index in [2.05, 4.69) is 13.8 Å². The molecule has 1 atom stereocenters. The van der Waals surface area contributed by atoms with Crippen LogP contribution < -0.4 is 0 Å². The monoisotopic (exact) mass is 142 g/mol. The van der Waals surface area contributed by atoms with Crippen LogP contribution in [0.1, 0.15) is 33.6 Å². The largest absolute Gasteiger partial charge is 0.462 e. The smallest absolute Gasteiger partial charge is 0.306 e. The Bertz CT molecular complexity index is 149. The highest BCUT2D eigenvalue weighted by Crippen LogP contribution is 2.35. The fourth-order valence-electron chi connectivity index (χ4n) is 1.48. The summed E-state index contributed by atoms with van der Waals surface area (Å²) in [4.78, 5) is 10.8. The van der Waals surface area contributed by atoms with E-state index in [1.54, 1.807) is 0 Å². The summed E-state index contributed by atoms with van der Waals surface area (Å²) in [6, 6.07) is 0. The molecule has 0 aromatic heterocycles. The van der Waals surface area contributed by atoms with Crippen molar-refractivity contribution in [3.8, 4) is 0 Å². The Hall–Kier alpha value is -0.530. The molecule has 0 bridgehead atoms. The Balaban J connectivity index is 2.67. The highest BCUT2D eigenvalue weighted by atomic mass is 16.6. The van der Waals surface area contributed by atoms with Gasteiger partial charge < -0.3 is 4.74 Å². The lowest BCUT2D eigenvalue weighted by Gasteiger charge is -2.21. The zero-order valence-electron chi connectivity index (χ0n) is 6.81. The average Bonchev–Trinajstić information content (AvgIpc) is 2.04. The second-order valence-electron chi connectivity index (χ2n) is 3.55. The van der Waals surface area contributed by atoms with Crippen molar-refractivity contribution in [3.05, 3.63) is 0 Å². The number of carbonyl (C=O) groups is 1. The van der Waals surface area contributed by atoms with Gasteiger partial charge in [0.25, 0.3) is 0 Å². The predicted molar refractivity (Wildman–Crippen MR) is 38.6 cm³/mol. The summed E-state index contributed by atoms with van der Waals surface area (Å²) in [5.74, 6) is -0.0446. The molecule has 1 heterocycles. The van der Waals surface area contributed by atoms with E-state index in [0.717, 1.165) is 6.42 Å². The molecule has 1 saturated heterocycles. The molecule has 0 amide bonds. The van der Waals surface area contributed by atoms with E-state index in [1.165, 1.54) is 0 Å². The molecule has 0 spiro atoms. The zero-order chi connectivity index (χ0) is 7.78. The minimum absolute atomic E-state index is 0.0446. The molecule has 2 nitrogen and oxygen atoms in total. The first-order chi connectivity index (χ1) is 4.56. The van der Waals surface area contributed by atoms with Crippen LogP contribution in [0, 0.1) is 5.41 Å². The number of rotatable bonds is 1. The minimum atomic E-state index is -0.0446. The van der Waals surface area contributed by atoms with E-state index >= 15 is 0 Å². The van der Waals surface area contributed by atoms with Crippen LogP contribution in [0.3, 0.4) is 0 Å². The van der Waals surface area contributed by atoms with Gasteiger partial charge in [0.15, 0.2) is 0 Å². The molecule has 0 radical (unpaired) electrons. The van der Waals surface area contributed by atoms with Gasteiger partial charge >= 0.3 is 5.97 Å². The van der Waals surface area contributed by atoms with E-state index in [1.807, 2.05) is 6.92 Å². The summed E-state index contributed by atoms with van der Waals surface area (Å²) >= 11 is 0. The van der Waals surface area contributed by atoms with Crippen LogP contribution in [-0.2, 0) is 9.53 Å². The van der Waals surface area contributed by atoms with E-state index in [4.69, 9.17) is 4.74 Å². The number of esters is 1. The van der Waals surface area contributed by atoms with Gasteiger partial charge in [-0.2, -0.15) is 0 Å². The highest BCUT2D eigenvalue weighted by molar-refractivity contribution is 5.72. The molecule has 2 heteroatoms. The van der Waals surface area contributed by atoms with Gasteiger partial charge in [0.05, 0.1) is 6.42 Å². The molecule has 0 N–H and O–H groups in total. The van der Waals surface area contributed by atoms with Crippen molar-refractivity contribution < 1.29 is 9.53 Å². The first-order valence-electron chi connectivity index (χ1n) is 3.76. The summed E-state index contributed by atoms with van der Waals surface area (Å²) < 4.78 is 5.09. The highest BCUT2D eigenvalue weighted by Gasteiger charge is 2.40. The number of hydrogen-bond donors (Lipinski definition) is 0. The summed E-state index contributed by atoms with van der Waals surface area (Å²) in [6.07, 6.45) is 1.64. The van der Waals surface area contributed by atoms with Crippen molar-refractivity contribution in [3.63, 3.8) is 0 Å². The molecule has 1 rings (SSSR count). The van der Waals surface area contributed by atoms with Crippen LogP contribution in [-0.4, -0.2) is 12.1 Å². The molecule has 58 valence electrons. The number of carbonyl (C=O) groups excluding carboxylic acids is 1. The topological polar surface area (TPSA) is 26.3 Å². The third-order valence-electron chi connectivity index (χ3n) is 2.12. The minimum Gasteiger partial charge on any atom is -0.462 e. The third-order valence-corrected chi connectivity index (χ3v) is 2.12. The Labute approximate surface area is 61.6 Å². The van der Waals surface area contributed by atoms with Crippen LogP contribution in [0.2, 0.25) is 0 Å². The second-order valence-corrected chi connectivity index (χ2v) is 3.55. The van der Waals surface area contributed by atoms with Gasteiger partial charge in [0.1, 0.15) is 6.10 Å². The zero-order valence-corrected chi connectivity index (χ0v) is 6.81. The summed E-state index contributed by atoms with van der Waals surface area (Å²) in [5.41, 5.74) is 0.0613. The fraction of sp³-hybridized carbons (Fsp3) is 0.875. The van der Waals surface area contributed by atoms with Crippen LogP contribution in [0.4, 0.5) is 0 Å². The van der Waals surface area contributed by atoms with Crippen molar-refractivity contribution >= 4 is 5.97 Å². The van der Waals surface area contributed by atoms with E-state index in [-0.39, 0.29) is 17.5 Å². The summed E-state index contributed by atoms with van der Waals surface area (Å²) in [7, 11) is 0. The summed E-state index contributed by atoms with van der Waals surface area (Å²) in [5, 5.41) is 0. The van der Waals surface area contributed by atoms with Crippen LogP contribution >= 0.6 is 0 Å². The van der Waals surface area contributed by atoms with E-state index < -0.39 is 0 Å². The van der Waals surface area contributed by atoms with Gasteiger partial charge in [-0.3, -0.25) is 4.79 Å². The number of cyclic esters (lactones) is 1. The lowest BCUT2D eigenvalue weighted by molar-refractivity contribution is -0.141. The first-order valence-corrected chi connectivity index (χ1v) is 3.76. The third kappa shape index (κ3) is 1.15. The van der Waals surface area contributed by atoms with Gasteiger partial charge in [-0.15, -0.1) is 0 Å². The molecule has 0 saturated carbocycles. The van der Waals surface area contributed by atoms with Gasteiger partial charge in [-0.05, 0) is 6.42 Å². The predicted octanol–water partition coefficient (Wildman–Crippen LogP) is 1.74. The molecule has 1 aliphatic heterocycles. The molecule has 0 aromatic carbocycles. The van der Waals surface area contributed by atoms with Crippen molar-refractivity contribution in [2.75, 3.05) is 0 Å². The SMILES string of the molecule is CCC1OC(=O)CC1(C)C. The molecule has 10 heavy (non-hydrogen) atoms. The second kappa shape index (κ2) is 2.26. The number of hydrogen-bond acceptors (Lipinski definition) is 2. The molecule has 1 aliphatic rings. The lowest BCUT2D eigenvalue weighted by atomic mass is 9.84. The molecular formula is C8H14O2. The van der Waals surface area contributed by atoms with Crippen molar-refractivity contribution in [1.82, 2.24) is 0 Å². The van der Waals surface area contributed by atoms with Crippen molar-refractivity contribution in [1.29, 1.82) is 0 Å². The van der Waals surface area contributed by atoms with Crippen molar-refractivity contribution in [2.24, 2.45) is 5.41 Å². The maximum atomic E-state index is 10.8. The quantitative estimate of drug-likeness (QED) is 0.521. The summed E-state index contributed by atoms with van der Waals surface area (Å²) in [6.45, 7) is 6.20. The number of ether oxygens (including phenoxy) is 1. The maximum absolute atomic E-state index is 10.8.